The number of piperidine rings is 1. The molecule has 0 radical (unpaired) electrons. The van der Waals surface area contributed by atoms with Gasteiger partial charge in [0.25, 0.3) is 5.91 Å². The number of carboxylic acids is 1. The molecule has 1 aliphatic heterocycles. The van der Waals surface area contributed by atoms with E-state index >= 15 is 0 Å². The molecular weight excluding hydrogens is 332 g/mol. The van der Waals surface area contributed by atoms with Gasteiger partial charge < -0.3 is 14.9 Å². The number of hydrogen-bond acceptors (Lipinski definition) is 3. The molecule has 2 rings (SSSR count). The van der Waals surface area contributed by atoms with Crippen molar-refractivity contribution in [3.63, 3.8) is 0 Å². The summed E-state index contributed by atoms with van der Waals surface area (Å²) in [4.78, 5) is 38.7. The molecule has 0 unspecified atom stereocenters. The number of carbonyl (C=O) groups excluding carboxylic acids is 2. The number of carboxylic acid groups (broad SMARTS) is 1. The predicted octanol–water partition coefficient (Wildman–Crippen LogP) is 2.04. The third-order valence-corrected chi connectivity index (χ3v) is 4.42. The standard InChI is InChI=1S/C17H21ClN2O4/c1-11-7-13(9-14(18)8-11)16(22)19(2)10-15(21)20-5-3-12(4-6-20)17(23)24/h7-9,12H,3-6,10H2,1-2H3,(H,23,24). The van der Waals surface area contributed by atoms with Crippen LogP contribution in [0.5, 0.6) is 0 Å². The molecule has 7 heteroatoms. The lowest BCUT2D eigenvalue weighted by atomic mass is 9.97. The van der Waals surface area contributed by atoms with Crippen LogP contribution in [0.15, 0.2) is 18.2 Å². The number of nitrogens with zero attached hydrogens (tertiary/aromatic N) is 2. The van der Waals surface area contributed by atoms with E-state index in [0.29, 0.717) is 36.5 Å². The average molecular weight is 353 g/mol. The van der Waals surface area contributed by atoms with E-state index in [-0.39, 0.29) is 24.3 Å². The van der Waals surface area contributed by atoms with Gasteiger partial charge in [-0.2, -0.15) is 0 Å². The molecule has 1 N–H and O–H groups in total. The zero-order valence-electron chi connectivity index (χ0n) is 13.8. The lowest BCUT2D eigenvalue weighted by Gasteiger charge is -2.31. The molecular formula is C17H21ClN2O4. The van der Waals surface area contributed by atoms with Crippen LogP contribution in [0.1, 0.15) is 28.8 Å². The first-order valence-electron chi connectivity index (χ1n) is 7.81. The Morgan fingerprint density at radius 3 is 2.42 bits per heavy atom. The molecule has 0 spiro atoms. The number of rotatable bonds is 4. The molecule has 6 nitrogen and oxygen atoms in total. The Labute approximate surface area is 146 Å². The van der Waals surface area contributed by atoms with Gasteiger partial charge in [-0.1, -0.05) is 11.6 Å². The van der Waals surface area contributed by atoms with Gasteiger partial charge in [-0.15, -0.1) is 0 Å². The Balaban J connectivity index is 1.94. The van der Waals surface area contributed by atoms with Gasteiger partial charge in [0, 0.05) is 30.7 Å². The third kappa shape index (κ3) is 4.47. The molecule has 2 amide bonds. The lowest BCUT2D eigenvalue weighted by Crippen LogP contribution is -2.45. The molecule has 24 heavy (non-hydrogen) atoms. The zero-order chi connectivity index (χ0) is 17.9. The number of likely N-dealkylation sites (N-methyl/N-ethyl adjacent to an activating group) is 1. The number of hydrogen-bond donors (Lipinski definition) is 1. The Bertz CT molecular complexity index is 634. The summed E-state index contributed by atoms with van der Waals surface area (Å²) in [6.07, 6.45) is 0.901. The number of halogens is 1. The molecule has 0 saturated carbocycles. The zero-order valence-corrected chi connectivity index (χ0v) is 14.5. The van der Waals surface area contributed by atoms with Crippen LogP contribution in [0.2, 0.25) is 5.02 Å². The molecule has 0 bridgehead atoms. The van der Waals surface area contributed by atoms with Crippen molar-refractivity contribution < 1.29 is 19.5 Å². The quantitative estimate of drug-likeness (QED) is 0.899. The van der Waals surface area contributed by atoms with Gasteiger partial charge >= 0.3 is 5.97 Å². The van der Waals surface area contributed by atoms with Crippen molar-refractivity contribution in [3.8, 4) is 0 Å². The maximum atomic E-state index is 12.4. The summed E-state index contributed by atoms with van der Waals surface area (Å²) in [7, 11) is 1.57. The molecule has 1 fully saturated rings. The highest BCUT2D eigenvalue weighted by Crippen LogP contribution is 2.18. The van der Waals surface area contributed by atoms with Crippen LogP contribution in [0, 0.1) is 12.8 Å². The van der Waals surface area contributed by atoms with E-state index in [1.54, 1.807) is 30.1 Å². The number of aliphatic carboxylic acids is 1. The van der Waals surface area contributed by atoms with E-state index in [4.69, 9.17) is 16.7 Å². The van der Waals surface area contributed by atoms with Gasteiger partial charge in [-0.3, -0.25) is 14.4 Å². The molecule has 1 aliphatic rings. The summed E-state index contributed by atoms with van der Waals surface area (Å²) in [5.41, 5.74) is 1.32. The molecule has 0 aromatic heterocycles. The summed E-state index contributed by atoms with van der Waals surface area (Å²) >= 11 is 5.97. The first-order chi connectivity index (χ1) is 11.3. The largest absolute Gasteiger partial charge is 0.481 e. The summed E-state index contributed by atoms with van der Waals surface area (Å²) in [5, 5.41) is 9.47. The van der Waals surface area contributed by atoms with Gasteiger partial charge in [-0.05, 0) is 43.5 Å². The first-order valence-corrected chi connectivity index (χ1v) is 8.19. The summed E-state index contributed by atoms with van der Waals surface area (Å²) in [6, 6.07) is 5.07. The number of aryl methyl sites for hydroxylation is 1. The number of likely N-dealkylation sites (tertiary alicyclic amines) is 1. The third-order valence-electron chi connectivity index (χ3n) is 4.21. The van der Waals surface area contributed by atoms with E-state index in [9.17, 15) is 14.4 Å². The molecule has 1 saturated heterocycles. The minimum atomic E-state index is -0.814. The van der Waals surface area contributed by atoms with E-state index in [0.717, 1.165) is 5.56 Å². The average Bonchev–Trinajstić information content (AvgIpc) is 2.53. The summed E-state index contributed by atoms with van der Waals surface area (Å²) in [6.45, 7) is 2.63. The molecule has 1 aromatic rings. The van der Waals surface area contributed by atoms with Gasteiger partial charge in [0.05, 0.1) is 12.5 Å². The van der Waals surface area contributed by atoms with Crippen molar-refractivity contribution in [2.75, 3.05) is 26.7 Å². The van der Waals surface area contributed by atoms with Crippen LogP contribution >= 0.6 is 11.6 Å². The van der Waals surface area contributed by atoms with Crippen molar-refractivity contribution in [3.05, 3.63) is 34.3 Å². The van der Waals surface area contributed by atoms with Crippen LogP contribution in [0.4, 0.5) is 0 Å². The van der Waals surface area contributed by atoms with E-state index in [1.165, 1.54) is 4.90 Å². The minimum Gasteiger partial charge on any atom is -0.481 e. The number of carbonyl (C=O) groups is 3. The highest BCUT2D eigenvalue weighted by molar-refractivity contribution is 6.31. The molecule has 1 aromatic carbocycles. The van der Waals surface area contributed by atoms with Crippen molar-refractivity contribution >= 4 is 29.4 Å². The van der Waals surface area contributed by atoms with Crippen molar-refractivity contribution in [1.82, 2.24) is 9.80 Å². The van der Waals surface area contributed by atoms with E-state index in [1.807, 2.05) is 6.92 Å². The predicted molar refractivity (Wildman–Crippen MR) is 90.1 cm³/mol. The van der Waals surface area contributed by atoms with E-state index < -0.39 is 5.97 Å². The molecule has 1 heterocycles. The maximum absolute atomic E-state index is 12.4. The monoisotopic (exact) mass is 352 g/mol. The van der Waals surface area contributed by atoms with Crippen molar-refractivity contribution in [2.45, 2.75) is 19.8 Å². The normalized spacial score (nSPS) is 15.2. The van der Waals surface area contributed by atoms with Gasteiger partial charge in [0.2, 0.25) is 5.91 Å². The Hall–Kier alpha value is -2.08. The van der Waals surface area contributed by atoms with Gasteiger partial charge in [0.1, 0.15) is 0 Å². The van der Waals surface area contributed by atoms with Crippen LogP contribution in [-0.2, 0) is 9.59 Å². The summed E-state index contributed by atoms with van der Waals surface area (Å²) < 4.78 is 0. The summed E-state index contributed by atoms with van der Waals surface area (Å²) in [5.74, 6) is -1.64. The fraction of sp³-hybridized carbons (Fsp3) is 0.471. The van der Waals surface area contributed by atoms with Gasteiger partial charge in [-0.25, -0.2) is 0 Å². The Kier molecular flexibility index (Phi) is 5.83. The SMILES string of the molecule is Cc1cc(Cl)cc(C(=O)N(C)CC(=O)N2CCC(C(=O)O)CC2)c1. The highest BCUT2D eigenvalue weighted by atomic mass is 35.5. The highest BCUT2D eigenvalue weighted by Gasteiger charge is 2.28. The first kappa shape index (κ1) is 18.3. The molecule has 130 valence electrons. The number of amides is 2. The van der Waals surface area contributed by atoms with Crippen LogP contribution in [-0.4, -0.2) is 59.4 Å². The second kappa shape index (κ2) is 7.66. The van der Waals surface area contributed by atoms with Crippen LogP contribution < -0.4 is 0 Å². The topological polar surface area (TPSA) is 77.9 Å². The van der Waals surface area contributed by atoms with Crippen LogP contribution in [0.3, 0.4) is 0 Å². The number of benzene rings is 1. The molecule has 0 aliphatic carbocycles. The minimum absolute atomic E-state index is 0.0396. The Morgan fingerprint density at radius 2 is 1.88 bits per heavy atom. The second-order valence-electron chi connectivity index (χ2n) is 6.17. The van der Waals surface area contributed by atoms with Crippen molar-refractivity contribution in [1.29, 1.82) is 0 Å². The van der Waals surface area contributed by atoms with Gasteiger partial charge in [0.15, 0.2) is 0 Å². The van der Waals surface area contributed by atoms with Crippen molar-refractivity contribution in [2.24, 2.45) is 5.92 Å². The molecule has 0 atom stereocenters. The maximum Gasteiger partial charge on any atom is 0.306 e. The van der Waals surface area contributed by atoms with Crippen LogP contribution in [0.25, 0.3) is 0 Å². The lowest BCUT2D eigenvalue weighted by molar-refractivity contribution is -0.145. The fourth-order valence-corrected chi connectivity index (χ4v) is 3.12. The van der Waals surface area contributed by atoms with E-state index in [2.05, 4.69) is 0 Å². The smallest absolute Gasteiger partial charge is 0.306 e. The fourth-order valence-electron chi connectivity index (χ4n) is 2.83. The second-order valence-corrected chi connectivity index (χ2v) is 6.61. The Morgan fingerprint density at radius 1 is 1.25 bits per heavy atom.